The van der Waals surface area contributed by atoms with Gasteiger partial charge in [0.05, 0.1) is 11.1 Å². The molecule has 7 heteroatoms. The molecule has 0 radical (unpaired) electrons. The van der Waals surface area contributed by atoms with Crippen molar-refractivity contribution < 1.29 is 18.0 Å². The predicted molar refractivity (Wildman–Crippen MR) is 119 cm³/mol. The number of halogens is 3. The summed E-state index contributed by atoms with van der Waals surface area (Å²) < 4.78 is 41.2. The van der Waals surface area contributed by atoms with Gasteiger partial charge in [-0.15, -0.1) is 0 Å². The molecule has 1 aromatic heterocycles. The van der Waals surface area contributed by atoms with Crippen LogP contribution in [0.2, 0.25) is 0 Å². The van der Waals surface area contributed by atoms with Crippen molar-refractivity contribution in [1.29, 1.82) is 0 Å². The first-order valence-corrected chi connectivity index (χ1v) is 10.3. The zero-order chi connectivity index (χ0) is 23.2. The van der Waals surface area contributed by atoms with E-state index in [4.69, 9.17) is 0 Å². The van der Waals surface area contributed by atoms with Crippen molar-refractivity contribution in [3.05, 3.63) is 102 Å². The van der Waals surface area contributed by atoms with Crippen molar-refractivity contribution in [1.82, 2.24) is 9.97 Å². The van der Waals surface area contributed by atoms with Crippen LogP contribution in [0.5, 0.6) is 0 Å². The van der Waals surface area contributed by atoms with Crippen LogP contribution >= 0.6 is 0 Å². The topological polar surface area (TPSA) is 54.9 Å². The number of carbonyl (C=O) groups is 1. The van der Waals surface area contributed by atoms with E-state index in [-0.39, 0.29) is 18.1 Å². The van der Waals surface area contributed by atoms with Gasteiger partial charge in [-0.25, -0.2) is 23.1 Å². The van der Waals surface area contributed by atoms with Crippen LogP contribution in [0.1, 0.15) is 18.1 Å². The Labute approximate surface area is 188 Å². The molecule has 0 saturated heterocycles. The highest BCUT2D eigenvalue weighted by atomic mass is 19.1. The number of nitrogens with one attached hydrogen (secondary N) is 1. The van der Waals surface area contributed by atoms with E-state index in [0.29, 0.717) is 28.2 Å². The highest BCUT2D eigenvalue weighted by Crippen LogP contribution is 2.46. The summed E-state index contributed by atoms with van der Waals surface area (Å²) in [7, 11) is 0. The van der Waals surface area contributed by atoms with Crippen molar-refractivity contribution in [2.45, 2.75) is 18.8 Å². The van der Waals surface area contributed by atoms with E-state index in [1.165, 1.54) is 24.3 Å². The second-order valence-corrected chi connectivity index (χ2v) is 8.27. The number of hydrogen-bond acceptors (Lipinski definition) is 3. The van der Waals surface area contributed by atoms with E-state index in [2.05, 4.69) is 15.3 Å². The molecule has 2 heterocycles. The molecule has 1 amide bonds. The van der Waals surface area contributed by atoms with Gasteiger partial charge >= 0.3 is 0 Å². The minimum absolute atomic E-state index is 0.0858. The van der Waals surface area contributed by atoms with Crippen molar-refractivity contribution >= 4 is 11.6 Å². The standard InChI is InChI=1S/C26H18F3N3O/c1-26(14-15-9-19(28)13-20(29)10-15)22-12-17(16-3-5-18(27)6-4-16)11-21(23(22)32-25(26)33)24-30-7-2-8-31-24/h2-13H,14H2,1H3,(H,32,33). The fourth-order valence-corrected chi connectivity index (χ4v) is 4.31. The molecular formula is C26H18F3N3O. The van der Waals surface area contributed by atoms with Gasteiger partial charge in [-0.3, -0.25) is 4.79 Å². The molecule has 4 aromatic rings. The van der Waals surface area contributed by atoms with Gasteiger partial charge in [-0.1, -0.05) is 12.1 Å². The molecule has 1 N–H and O–H groups in total. The van der Waals surface area contributed by atoms with Crippen molar-refractivity contribution in [2.75, 3.05) is 5.32 Å². The first-order valence-electron chi connectivity index (χ1n) is 10.3. The Hall–Kier alpha value is -4.00. The zero-order valence-electron chi connectivity index (χ0n) is 17.6. The molecule has 5 rings (SSSR count). The minimum Gasteiger partial charge on any atom is -0.324 e. The number of amides is 1. The van der Waals surface area contributed by atoms with Gasteiger partial charge in [0.1, 0.15) is 17.5 Å². The lowest BCUT2D eigenvalue weighted by Crippen LogP contribution is -2.33. The summed E-state index contributed by atoms with van der Waals surface area (Å²) in [5.74, 6) is -1.65. The Kier molecular flexibility index (Phi) is 4.96. The average molecular weight is 445 g/mol. The third-order valence-electron chi connectivity index (χ3n) is 5.94. The molecule has 33 heavy (non-hydrogen) atoms. The maximum absolute atomic E-state index is 13.8. The molecule has 0 bridgehead atoms. The van der Waals surface area contributed by atoms with Crippen LogP contribution in [0.3, 0.4) is 0 Å². The summed E-state index contributed by atoms with van der Waals surface area (Å²) in [5.41, 5.74) is 2.56. The van der Waals surface area contributed by atoms with E-state index in [1.54, 1.807) is 37.5 Å². The molecule has 164 valence electrons. The molecule has 3 aromatic carbocycles. The van der Waals surface area contributed by atoms with E-state index in [9.17, 15) is 18.0 Å². The lowest BCUT2D eigenvalue weighted by Gasteiger charge is -2.23. The van der Waals surface area contributed by atoms with E-state index in [0.717, 1.165) is 17.2 Å². The number of rotatable bonds is 4. The summed E-state index contributed by atoms with van der Waals surface area (Å²) in [6.45, 7) is 1.74. The maximum atomic E-state index is 13.8. The van der Waals surface area contributed by atoms with Crippen molar-refractivity contribution in [3.63, 3.8) is 0 Å². The second kappa shape index (κ2) is 7.85. The van der Waals surface area contributed by atoms with Crippen molar-refractivity contribution in [2.24, 2.45) is 0 Å². The van der Waals surface area contributed by atoms with Crippen molar-refractivity contribution in [3.8, 4) is 22.5 Å². The summed E-state index contributed by atoms with van der Waals surface area (Å²) in [6.07, 6.45) is 3.29. The number of carbonyl (C=O) groups excluding carboxylic acids is 1. The van der Waals surface area contributed by atoms with Gasteiger partial charge in [0.25, 0.3) is 0 Å². The highest BCUT2D eigenvalue weighted by molar-refractivity contribution is 6.10. The van der Waals surface area contributed by atoms with E-state index >= 15 is 0 Å². The van der Waals surface area contributed by atoms with Gasteiger partial charge in [0.15, 0.2) is 5.82 Å². The Morgan fingerprint density at radius 3 is 2.18 bits per heavy atom. The van der Waals surface area contributed by atoms with Crippen LogP contribution in [-0.4, -0.2) is 15.9 Å². The normalized spacial score (nSPS) is 17.0. The summed E-state index contributed by atoms with van der Waals surface area (Å²) in [4.78, 5) is 21.9. The first kappa shape index (κ1) is 20.9. The Morgan fingerprint density at radius 1 is 0.848 bits per heavy atom. The van der Waals surface area contributed by atoms with Gasteiger partial charge in [0.2, 0.25) is 5.91 Å². The smallest absolute Gasteiger partial charge is 0.235 e. The molecule has 0 fully saturated rings. The van der Waals surface area contributed by atoms with Crippen LogP contribution in [0, 0.1) is 17.5 Å². The van der Waals surface area contributed by atoms with Crippen LogP contribution < -0.4 is 5.32 Å². The van der Waals surface area contributed by atoms with Gasteiger partial charge in [-0.2, -0.15) is 0 Å². The van der Waals surface area contributed by atoms with Crippen LogP contribution in [0.25, 0.3) is 22.5 Å². The third-order valence-corrected chi connectivity index (χ3v) is 5.94. The van der Waals surface area contributed by atoms with Gasteiger partial charge in [-0.05, 0) is 78.1 Å². The summed E-state index contributed by atoms with van der Waals surface area (Å²) in [6, 6.07) is 14.7. The Morgan fingerprint density at radius 2 is 1.52 bits per heavy atom. The van der Waals surface area contributed by atoms with E-state index < -0.39 is 17.0 Å². The van der Waals surface area contributed by atoms with E-state index in [1.807, 2.05) is 12.1 Å². The molecule has 0 aliphatic carbocycles. The largest absolute Gasteiger partial charge is 0.324 e. The number of benzene rings is 3. The Bertz CT molecular complexity index is 1350. The summed E-state index contributed by atoms with van der Waals surface area (Å²) >= 11 is 0. The number of hydrogen-bond donors (Lipinski definition) is 1. The maximum Gasteiger partial charge on any atom is 0.235 e. The molecule has 0 saturated carbocycles. The van der Waals surface area contributed by atoms with Crippen LogP contribution in [0.4, 0.5) is 18.9 Å². The van der Waals surface area contributed by atoms with Crippen LogP contribution in [-0.2, 0) is 16.6 Å². The third kappa shape index (κ3) is 3.75. The van der Waals surface area contributed by atoms with Crippen LogP contribution in [0.15, 0.2) is 73.1 Å². The molecule has 1 aliphatic heterocycles. The number of fused-ring (bicyclic) bond motifs is 1. The number of aromatic nitrogens is 2. The number of anilines is 1. The lowest BCUT2D eigenvalue weighted by molar-refractivity contribution is -0.120. The molecule has 1 aliphatic rings. The quantitative estimate of drug-likeness (QED) is 0.440. The molecule has 1 atom stereocenters. The second-order valence-electron chi connectivity index (χ2n) is 8.27. The molecular weight excluding hydrogens is 427 g/mol. The first-order chi connectivity index (χ1) is 15.8. The molecule has 0 spiro atoms. The van der Waals surface area contributed by atoms with Gasteiger partial charge in [0, 0.05) is 24.0 Å². The summed E-state index contributed by atoms with van der Waals surface area (Å²) in [5, 5.41) is 2.93. The average Bonchev–Trinajstić information content (AvgIpc) is 3.03. The fraction of sp³-hybridized carbons (Fsp3) is 0.115. The zero-order valence-corrected chi connectivity index (χ0v) is 17.6. The monoisotopic (exact) mass is 445 g/mol. The lowest BCUT2D eigenvalue weighted by atomic mass is 9.77. The SMILES string of the molecule is CC1(Cc2cc(F)cc(F)c2)C(=O)Nc2c(-c3ncccn3)cc(-c3ccc(F)cc3)cc21. The highest BCUT2D eigenvalue weighted by Gasteiger charge is 2.44. The fourth-order valence-electron chi connectivity index (χ4n) is 4.31. The minimum atomic E-state index is -1.10. The Balaban J connectivity index is 1.71. The van der Waals surface area contributed by atoms with Gasteiger partial charge < -0.3 is 5.32 Å². The molecule has 1 unspecified atom stereocenters. The molecule has 4 nitrogen and oxygen atoms in total. The predicted octanol–water partition coefficient (Wildman–Crippen LogP) is 5.68. The number of nitrogens with zero attached hydrogens (tertiary/aromatic N) is 2.